The van der Waals surface area contributed by atoms with Gasteiger partial charge in [0.25, 0.3) is 5.71 Å². The molecule has 1 N–H and O–H groups in total. The number of hydrogen-bond donors (Lipinski definition) is 1. The minimum absolute atomic E-state index is 0.0637. The number of esters is 1. The van der Waals surface area contributed by atoms with Crippen LogP contribution < -0.4 is 5.32 Å². The molecule has 0 fully saturated rings. The molecule has 0 radical (unpaired) electrons. The van der Waals surface area contributed by atoms with Crippen LogP contribution in [0.15, 0.2) is 29.0 Å². The van der Waals surface area contributed by atoms with Crippen LogP contribution in [0, 0.1) is 13.8 Å². The molecule has 3 aromatic rings. The molecule has 0 aliphatic carbocycles. The number of rotatable bonds is 4. The molecule has 0 atom stereocenters. The quantitative estimate of drug-likeness (QED) is 0.740. The number of nitrogens with one attached hydrogen (secondary N) is 1. The van der Waals surface area contributed by atoms with Crippen molar-refractivity contribution in [3.63, 3.8) is 0 Å². The van der Waals surface area contributed by atoms with Crippen LogP contribution in [0.25, 0.3) is 11.1 Å². The van der Waals surface area contributed by atoms with E-state index in [4.69, 9.17) is 9.26 Å². The van der Waals surface area contributed by atoms with Gasteiger partial charge in [0.1, 0.15) is 17.5 Å². The highest BCUT2D eigenvalue weighted by Crippen LogP contribution is 2.27. The van der Waals surface area contributed by atoms with E-state index in [-0.39, 0.29) is 18.0 Å². The second kappa shape index (κ2) is 6.04. The molecular weight excluding hydrogens is 296 g/mol. The third kappa shape index (κ3) is 2.85. The Bertz CT molecular complexity index is 873. The van der Waals surface area contributed by atoms with Crippen molar-refractivity contribution >= 4 is 28.6 Å². The van der Waals surface area contributed by atoms with Gasteiger partial charge in [0.15, 0.2) is 0 Å². The summed E-state index contributed by atoms with van der Waals surface area (Å²) in [4.78, 5) is 20.2. The largest absolute Gasteiger partial charge is 0.461 e. The average molecular weight is 312 g/mol. The summed E-state index contributed by atoms with van der Waals surface area (Å²) in [6, 6.07) is 5.95. The molecule has 0 aliphatic rings. The highest BCUT2D eigenvalue weighted by Gasteiger charge is 2.22. The molecular formula is C16H16N4O3. The number of aromatic nitrogens is 3. The second-order valence-electron chi connectivity index (χ2n) is 5.08. The zero-order valence-electron chi connectivity index (χ0n) is 13.1. The van der Waals surface area contributed by atoms with Crippen LogP contribution in [-0.2, 0) is 4.74 Å². The van der Waals surface area contributed by atoms with E-state index in [0.29, 0.717) is 11.2 Å². The van der Waals surface area contributed by atoms with Crippen LogP contribution >= 0.6 is 0 Å². The number of aryl methyl sites for hydroxylation is 2. The Morgan fingerprint density at radius 1 is 1.26 bits per heavy atom. The van der Waals surface area contributed by atoms with Crippen molar-refractivity contribution in [1.29, 1.82) is 0 Å². The fourth-order valence-corrected chi connectivity index (χ4v) is 2.18. The molecule has 2 aromatic heterocycles. The van der Waals surface area contributed by atoms with Crippen LogP contribution in [0.4, 0.5) is 11.5 Å². The van der Waals surface area contributed by atoms with Crippen molar-refractivity contribution in [3.8, 4) is 0 Å². The van der Waals surface area contributed by atoms with Gasteiger partial charge in [-0.1, -0.05) is 11.2 Å². The lowest BCUT2D eigenvalue weighted by Crippen LogP contribution is -2.06. The Balaban J connectivity index is 2.04. The topological polar surface area (TPSA) is 90.1 Å². The van der Waals surface area contributed by atoms with Crippen molar-refractivity contribution in [1.82, 2.24) is 15.1 Å². The minimum atomic E-state index is -0.566. The van der Waals surface area contributed by atoms with Gasteiger partial charge >= 0.3 is 5.97 Å². The van der Waals surface area contributed by atoms with Crippen LogP contribution in [0.2, 0.25) is 0 Å². The number of carbonyl (C=O) groups excluding carboxylic acids is 1. The van der Waals surface area contributed by atoms with Gasteiger partial charge in [0, 0.05) is 5.69 Å². The second-order valence-corrected chi connectivity index (χ2v) is 5.08. The van der Waals surface area contributed by atoms with Crippen LogP contribution in [-0.4, -0.2) is 27.7 Å². The van der Waals surface area contributed by atoms with E-state index in [9.17, 15) is 4.79 Å². The van der Waals surface area contributed by atoms with Crippen LogP contribution in [0.3, 0.4) is 0 Å². The first kappa shape index (κ1) is 15.0. The smallest absolute Gasteiger partial charge is 0.361 e. The molecule has 0 aliphatic heterocycles. The summed E-state index contributed by atoms with van der Waals surface area (Å²) >= 11 is 0. The Morgan fingerprint density at radius 3 is 2.83 bits per heavy atom. The summed E-state index contributed by atoms with van der Waals surface area (Å²) in [7, 11) is 0. The zero-order valence-corrected chi connectivity index (χ0v) is 13.1. The predicted octanol–water partition coefficient (Wildman–Crippen LogP) is 3.15. The summed E-state index contributed by atoms with van der Waals surface area (Å²) in [5.74, 6) is -0.119. The fraction of sp³-hybridized carbons (Fsp3) is 0.250. The van der Waals surface area contributed by atoms with Gasteiger partial charge in [-0.25, -0.2) is 9.78 Å². The van der Waals surface area contributed by atoms with E-state index < -0.39 is 5.97 Å². The maximum atomic E-state index is 12.0. The van der Waals surface area contributed by atoms with Gasteiger partial charge in [-0.05, 0) is 44.0 Å². The highest BCUT2D eigenvalue weighted by molar-refractivity contribution is 6.05. The van der Waals surface area contributed by atoms with Crippen LogP contribution in [0.5, 0.6) is 0 Å². The molecule has 0 unspecified atom stereocenters. The lowest BCUT2D eigenvalue weighted by atomic mass is 10.1. The molecule has 118 valence electrons. The van der Waals surface area contributed by atoms with E-state index in [1.807, 2.05) is 32.0 Å². The summed E-state index contributed by atoms with van der Waals surface area (Å²) in [6.45, 7) is 6.05. The molecule has 7 nitrogen and oxygen atoms in total. The lowest BCUT2D eigenvalue weighted by Gasteiger charge is -2.08. The van der Waals surface area contributed by atoms with E-state index in [0.717, 1.165) is 11.3 Å². The average Bonchev–Trinajstić information content (AvgIpc) is 2.96. The van der Waals surface area contributed by atoms with Crippen molar-refractivity contribution in [2.45, 2.75) is 20.8 Å². The Morgan fingerprint density at radius 2 is 2.09 bits per heavy atom. The van der Waals surface area contributed by atoms with E-state index >= 15 is 0 Å². The number of hydrogen-bond acceptors (Lipinski definition) is 7. The number of benzene rings is 1. The summed E-state index contributed by atoms with van der Waals surface area (Å²) < 4.78 is 10.1. The van der Waals surface area contributed by atoms with Gasteiger partial charge in [-0.15, -0.1) is 0 Å². The first-order chi connectivity index (χ1) is 11.1. The van der Waals surface area contributed by atoms with Gasteiger partial charge in [-0.3, -0.25) is 0 Å². The molecule has 3 rings (SSSR count). The van der Waals surface area contributed by atoms with Crippen LogP contribution in [0.1, 0.15) is 28.5 Å². The summed E-state index contributed by atoms with van der Waals surface area (Å²) in [6.07, 6.45) is 1.35. The van der Waals surface area contributed by atoms with E-state index in [1.165, 1.54) is 11.9 Å². The van der Waals surface area contributed by atoms with Gasteiger partial charge in [0.2, 0.25) is 5.69 Å². The Labute approximate surface area is 132 Å². The summed E-state index contributed by atoms with van der Waals surface area (Å²) in [5, 5.41) is 7.34. The van der Waals surface area contributed by atoms with Crippen molar-refractivity contribution in [3.05, 3.63) is 41.3 Å². The standard InChI is InChI=1S/C16H16N4O3/c1-4-22-16(21)13-12-14(17-8-18-15(12)23-20-13)19-11-6-5-9(2)10(3)7-11/h5-8H,4H2,1-3H3,(H,17,18,19). The fourth-order valence-electron chi connectivity index (χ4n) is 2.18. The molecule has 23 heavy (non-hydrogen) atoms. The SMILES string of the molecule is CCOC(=O)c1noc2ncnc(Nc3ccc(C)c(C)c3)c12. The Kier molecular flexibility index (Phi) is 3.92. The summed E-state index contributed by atoms with van der Waals surface area (Å²) in [5.41, 5.74) is 3.49. The third-order valence-corrected chi connectivity index (χ3v) is 3.51. The number of fused-ring (bicyclic) bond motifs is 1. The molecule has 1 aromatic carbocycles. The maximum absolute atomic E-state index is 12.0. The van der Waals surface area contributed by atoms with Crippen molar-refractivity contribution in [2.24, 2.45) is 0 Å². The number of anilines is 2. The maximum Gasteiger partial charge on any atom is 0.361 e. The van der Waals surface area contributed by atoms with Crippen molar-refractivity contribution in [2.75, 3.05) is 11.9 Å². The monoisotopic (exact) mass is 312 g/mol. The molecule has 2 heterocycles. The molecule has 7 heteroatoms. The molecule has 0 saturated heterocycles. The lowest BCUT2D eigenvalue weighted by molar-refractivity contribution is 0.0517. The first-order valence-electron chi connectivity index (χ1n) is 7.22. The molecule has 0 bridgehead atoms. The minimum Gasteiger partial charge on any atom is -0.461 e. The van der Waals surface area contributed by atoms with Crippen molar-refractivity contribution < 1.29 is 14.1 Å². The molecule has 0 amide bonds. The number of carbonyl (C=O) groups is 1. The van der Waals surface area contributed by atoms with Gasteiger partial charge in [-0.2, -0.15) is 4.98 Å². The molecule has 0 spiro atoms. The Hall–Kier alpha value is -2.96. The van der Waals surface area contributed by atoms with E-state index in [2.05, 4.69) is 20.4 Å². The normalized spacial score (nSPS) is 10.7. The zero-order chi connectivity index (χ0) is 16.4. The van der Waals surface area contributed by atoms with Gasteiger partial charge < -0.3 is 14.6 Å². The van der Waals surface area contributed by atoms with Gasteiger partial charge in [0.05, 0.1) is 6.61 Å². The highest BCUT2D eigenvalue weighted by atomic mass is 16.5. The predicted molar refractivity (Wildman–Crippen MR) is 84.8 cm³/mol. The number of ether oxygens (including phenoxy) is 1. The van der Waals surface area contributed by atoms with E-state index in [1.54, 1.807) is 6.92 Å². The first-order valence-corrected chi connectivity index (χ1v) is 7.22. The number of nitrogens with zero attached hydrogens (tertiary/aromatic N) is 3. The third-order valence-electron chi connectivity index (χ3n) is 3.51. The molecule has 0 saturated carbocycles.